The molecular formula is C7H11N3. The summed E-state index contributed by atoms with van der Waals surface area (Å²) in [5, 5.41) is 0. The third-order valence-electron chi connectivity index (χ3n) is 1.36. The summed E-state index contributed by atoms with van der Waals surface area (Å²) in [6.07, 6.45) is 2.47. The molecule has 1 aromatic rings. The Kier molecular flexibility index (Phi) is 1.76. The molecule has 1 aromatic heterocycles. The van der Waals surface area contributed by atoms with E-state index in [1.165, 1.54) is 0 Å². The minimum absolute atomic E-state index is 0.620. The monoisotopic (exact) mass is 137 g/mol. The standard InChI is InChI=1S/C7H11N3/c1-2-7-6(9)3-5(8)4-10-7/h3-4H,2,8-9H2,1H3. The Morgan fingerprint density at radius 3 is 2.70 bits per heavy atom. The van der Waals surface area contributed by atoms with Gasteiger partial charge in [0.25, 0.3) is 0 Å². The van der Waals surface area contributed by atoms with E-state index in [0.29, 0.717) is 11.4 Å². The van der Waals surface area contributed by atoms with Crippen LogP contribution in [0.4, 0.5) is 11.4 Å². The van der Waals surface area contributed by atoms with Crippen LogP contribution in [0.1, 0.15) is 12.6 Å². The van der Waals surface area contributed by atoms with Gasteiger partial charge in [0.15, 0.2) is 0 Å². The Balaban J connectivity index is 3.07. The average Bonchev–Trinajstić information content (AvgIpc) is 1.88. The number of aryl methyl sites for hydroxylation is 1. The lowest BCUT2D eigenvalue weighted by molar-refractivity contribution is 1.04. The maximum atomic E-state index is 5.59. The summed E-state index contributed by atoms with van der Waals surface area (Å²) in [6.45, 7) is 2.01. The molecule has 0 aromatic carbocycles. The highest BCUT2D eigenvalue weighted by Gasteiger charge is 1.96. The Morgan fingerprint density at radius 1 is 1.50 bits per heavy atom. The van der Waals surface area contributed by atoms with Crippen LogP contribution < -0.4 is 11.5 Å². The molecule has 0 fully saturated rings. The van der Waals surface area contributed by atoms with Gasteiger partial charge in [-0.3, -0.25) is 4.98 Å². The van der Waals surface area contributed by atoms with Crippen LogP contribution in [-0.2, 0) is 6.42 Å². The van der Waals surface area contributed by atoms with Crippen LogP contribution in [0.25, 0.3) is 0 Å². The van der Waals surface area contributed by atoms with Crippen molar-refractivity contribution in [3.63, 3.8) is 0 Å². The van der Waals surface area contributed by atoms with Gasteiger partial charge in [0.1, 0.15) is 0 Å². The molecule has 3 nitrogen and oxygen atoms in total. The lowest BCUT2D eigenvalue weighted by Gasteiger charge is -2.00. The Bertz CT molecular complexity index is 232. The quantitative estimate of drug-likeness (QED) is 0.602. The molecule has 1 rings (SSSR count). The van der Waals surface area contributed by atoms with Crippen molar-refractivity contribution in [2.45, 2.75) is 13.3 Å². The predicted molar refractivity (Wildman–Crippen MR) is 42.4 cm³/mol. The number of hydrogen-bond donors (Lipinski definition) is 2. The third-order valence-corrected chi connectivity index (χ3v) is 1.36. The molecule has 4 N–H and O–H groups in total. The van der Waals surface area contributed by atoms with E-state index in [1.54, 1.807) is 12.3 Å². The van der Waals surface area contributed by atoms with Crippen LogP contribution in [0.15, 0.2) is 12.3 Å². The largest absolute Gasteiger partial charge is 0.397 e. The SMILES string of the molecule is CCc1ncc(N)cc1N. The van der Waals surface area contributed by atoms with Crippen molar-refractivity contribution >= 4 is 11.4 Å². The first-order valence-electron chi connectivity index (χ1n) is 3.24. The summed E-state index contributed by atoms with van der Waals surface area (Å²) >= 11 is 0. The van der Waals surface area contributed by atoms with Crippen molar-refractivity contribution < 1.29 is 0 Å². The van der Waals surface area contributed by atoms with Crippen LogP contribution >= 0.6 is 0 Å². The van der Waals surface area contributed by atoms with Crippen molar-refractivity contribution in [1.29, 1.82) is 0 Å². The van der Waals surface area contributed by atoms with Crippen molar-refractivity contribution in [2.24, 2.45) is 0 Å². The first-order valence-corrected chi connectivity index (χ1v) is 3.24. The molecule has 54 valence electrons. The average molecular weight is 137 g/mol. The highest BCUT2D eigenvalue weighted by atomic mass is 14.8. The Hall–Kier alpha value is -1.25. The van der Waals surface area contributed by atoms with Gasteiger partial charge in [-0.25, -0.2) is 0 Å². The number of rotatable bonds is 1. The fraction of sp³-hybridized carbons (Fsp3) is 0.286. The second kappa shape index (κ2) is 2.56. The minimum Gasteiger partial charge on any atom is -0.397 e. The fourth-order valence-corrected chi connectivity index (χ4v) is 0.823. The summed E-state index contributed by atoms with van der Waals surface area (Å²) in [5.74, 6) is 0. The van der Waals surface area contributed by atoms with Crippen molar-refractivity contribution in [3.8, 4) is 0 Å². The lowest BCUT2D eigenvalue weighted by Crippen LogP contribution is -1.98. The van der Waals surface area contributed by atoms with E-state index in [2.05, 4.69) is 4.98 Å². The van der Waals surface area contributed by atoms with Gasteiger partial charge >= 0.3 is 0 Å². The number of nitrogens with two attached hydrogens (primary N) is 2. The number of pyridine rings is 1. The van der Waals surface area contributed by atoms with E-state index >= 15 is 0 Å². The second-order valence-corrected chi connectivity index (χ2v) is 2.16. The van der Waals surface area contributed by atoms with Crippen LogP contribution in [-0.4, -0.2) is 4.98 Å². The maximum Gasteiger partial charge on any atom is 0.0631 e. The van der Waals surface area contributed by atoms with Gasteiger partial charge in [-0.2, -0.15) is 0 Å². The van der Waals surface area contributed by atoms with E-state index in [-0.39, 0.29) is 0 Å². The Labute approximate surface area is 60.1 Å². The van der Waals surface area contributed by atoms with Crippen molar-refractivity contribution in [2.75, 3.05) is 11.5 Å². The van der Waals surface area contributed by atoms with Gasteiger partial charge in [0.05, 0.1) is 23.3 Å². The van der Waals surface area contributed by atoms with E-state index < -0.39 is 0 Å². The molecule has 0 unspecified atom stereocenters. The van der Waals surface area contributed by atoms with Gasteiger partial charge in [-0.05, 0) is 12.5 Å². The van der Waals surface area contributed by atoms with Crippen LogP contribution in [0, 0.1) is 0 Å². The smallest absolute Gasteiger partial charge is 0.0631 e. The third kappa shape index (κ3) is 1.18. The fourth-order valence-electron chi connectivity index (χ4n) is 0.823. The molecule has 0 bridgehead atoms. The molecule has 0 atom stereocenters. The Morgan fingerprint density at radius 2 is 2.20 bits per heavy atom. The zero-order chi connectivity index (χ0) is 7.56. The molecule has 3 heteroatoms. The highest BCUT2D eigenvalue weighted by Crippen LogP contribution is 2.11. The first kappa shape index (κ1) is 6.86. The van der Waals surface area contributed by atoms with Gasteiger partial charge in [-0.1, -0.05) is 6.92 Å². The summed E-state index contributed by atoms with van der Waals surface area (Å²) in [7, 11) is 0. The van der Waals surface area contributed by atoms with Gasteiger partial charge in [0.2, 0.25) is 0 Å². The molecule has 0 amide bonds. The lowest BCUT2D eigenvalue weighted by atomic mass is 10.2. The molecular weight excluding hydrogens is 126 g/mol. The summed E-state index contributed by atoms with van der Waals surface area (Å²) in [4.78, 5) is 4.05. The number of hydrogen-bond acceptors (Lipinski definition) is 3. The van der Waals surface area contributed by atoms with Crippen molar-refractivity contribution in [1.82, 2.24) is 4.98 Å². The van der Waals surface area contributed by atoms with E-state index in [4.69, 9.17) is 11.5 Å². The zero-order valence-corrected chi connectivity index (χ0v) is 5.96. The van der Waals surface area contributed by atoms with Crippen LogP contribution in [0.3, 0.4) is 0 Å². The maximum absolute atomic E-state index is 5.59. The van der Waals surface area contributed by atoms with Crippen molar-refractivity contribution in [3.05, 3.63) is 18.0 Å². The van der Waals surface area contributed by atoms with Crippen LogP contribution in [0.2, 0.25) is 0 Å². The number of anilines is 2. The molecule has 0 spiro atoms. The molecule has 0 aliphatic carbocycles. The van der Waals surface area contributed by atoms with Crippen LogP contribution in [0.5, 0.6) is 0 Å². The second-order valence-electron chi connectivity index (χ2n) is 2.16. The van der Waals surface area contributed by atoms with Gasteiger partial charge in [-0.15, -0.1) is 0 Å². The summed E-state index contributed by atoms with van der Waals surface area (Å²) < 4.78 is 0. The normalized spacial score (nSPS) is 9.70. The topological polar surface area (TPSA) is 64.9 Å². The predicted octanol–water partition coefficient (Wildman–Crippen LogP) is 0.808. The summed E-state index contributed by atoms with van der Waals surface area (Å²) in [6, 6.07) is 1.73. The van der Waals surface area contributed by atoms with E-state index in [1.807, 2.05) is 6.92 Å². The van der Waals surface area contributed by atoms with E-state index in [9.17, 15) is 0 Å². The number of nitrogen functional groups attached to an aromatic ring is 2. The zero-order valence-electron chi connectivity index (χ0n) is 5.96. The molecule has 0 saturated carbocycles. The molecule has 1 heterocycles. The highest BCUT2D eigenvalue weighted by molar-refractivity contribution is 5.52. The van der Waals surface area contributed by atoms with E-state index in [0.717, 1.165) is 12.1 Å². The first-order chi connectivity index (χ1) is 4.74. The van der Waals surface area contributed by atoms with Gasteiger partial charge in [0, 0.05) is 0 Å². The molecule has 0 saturated heterocycles. The molecule has 0 radical (unpaired) electrons. The molecule has 0 aliphatic rings. The number of aromatic nitrogens is 1. The molecule has 0 aliphatic heterocycles. The minimum atomic E-state index is 0.620. The number of nitrogens with zero attached hydrogens (tertiary/aromatic N) is 1. The molecule has 10 heavy (non-hydrogen) atoms. The summed E-state index contributed by atoms with van der Waals surface area (Å²) in [5.41, 5.74) is 13.2. The van der Waals surface area contributed by atoms with Gasteiger partial charge < -0.3 is 11.5 Å².